The van der Waals surface area contributed by atoms with Crippen LogP contribution in [0.3, 0.4) is 0 Å². The maximum atomic E-state index is 12.5. The van der Waals surface area contributed by atoms with E-state index in [-0.39, 0.29) is 11.5 Å². The van der Waals surface area contributed by atoms with E-state index in [4.69, 9.17) is 0 Å². The highest BCUT2D eigenvalue weighted by molar-refractivity contribution is 7.11. The molecular formula is C12H19F3N2S. The molecule has 104 valence electrons. The highest BCUT2D eigenvalue weighted by Crippen LogP contribution is 2.37. The molecular weight excluding hydrogens is 261 g/mol. The molecule has 0 aliphatic rings. The topological polar surface area (TPSA) is 24.9 Å². The Balaban J connectivity index is 2.89. The lowest BCUT2D eigenvalue weighted by Gasteiger charge is -2.25. The van der Waals surface area contributed by atoms with Gasteiger partial charge in [0.05, 0.1) is 0 Å². The molecule has 0 amide bonds. The fraction of sp³-hybridized carbons (Fsp3) is 0.750. The summed E-state index contributed by atoms with van der Waals surface area (Å²) >= 11 is 0.730. The summed E-state index contributed by atoms with van der Waals surface area (Å²) in [6, 6.07) is -0.0661. The quantitative estimate of drug-likeness (QED) is 0.892. The highest BCUT2D eigenvalue weighted by Gasteiger charge is 2.35. The Morgan fingerprint density at radius 1 is 1.33 bits per heavy atom. The van der Waals surface area contributed by atoms with E-state index in [9.17, 15) is 13.2 Å². The van der Waals surface area contributed by atoms with E-state index < -0.39 is 11.2 Å². The maximum absolute atomic E-state index is 12.5. The average Bonchev–Trinajstić information content (AvgIpc) is 2.62. The van der Waals surface area contributed by atoms with E-state index in [0.29, 0.717) is 4.88 Å². The second-order valence-corrected chi connectivity index (χ2v) is 6.50. The average molecular weight is 280 g/mol. The lowest BCUT2D eigenvalue weighted by molar-refractivity contribution is -0.137. The number of nitrogens with one attached hydrogen (secondary N) is 1. The zero-order chi connectivity index (χ0) is 14.0. The standard InChI is InChI=1S/C12H19F3N2S/c1-5-16-8(6-11(2,3)4)9-7-17-10(18-9)12(13,14)15/h7-8,16H,5-6H2,1-4H3. The summed E-state index contributed by atoms with van der Waals surface area (Å²) < 4.78 is 37.5. The molecule has 0 spiro atoms. The van der Waals surface area contributed by atoms with Gasteiger partial charge in [0.1, 0.15) is 0 Å². The van der Waals surface area contributed by atoms with Crippen LogP contribution in [-0.4, -0.2) is 11.5 Å². The van der Waals surface area contributed by atoms with Crippen LogP contribution in [0.25, 0.3) is 0 Å². The summed E-state index contributed by atoms with van der Waals surface area (Å²) in [5.74, 6) is 0. The summed E-state index contributed by atoms with van der Waals surface area (Å²) in [6.45, 7) is 8.89. The second-order valence-electron chi connectivity index (χ2n) is 5.44. The van der Waals surface area contributed by atoms with Crippen LogP contribution in [0.1, 0.15) is 50.0 Å². The summed E-state index contributed by atoms with van der Waals surface area (Å²) in [4.78, 5) is 4.13. The number of thiazole rings is 1. The molecule has 1 rings (SSSR count). The van der Waals surface area contributed by atoms with Crippen LogP contribution in [0.2, 0.25) is 0 Å². The van der Waals surface area contributed by atoms with Crippen molar-refractivity contribution < 1.29 is 13.2 Å². The van der Waals surface area contributed by atoms with Gasteiger partial charge in [-0.15, -0.1) is 11.3 Å². The largest absolute Gasteiger partial charge is 0.443 e. The molecule has 1 atom stereocenters. The molecule has 1 aromatic rings. The number of hydrogen-bond acceptors (Lipinski definition) is 3. The zero-order valence-electron chi connectivity index (χ0n) is 11.1. The molecule has 0 saturated heterocycles. The Hall–Kier alpha value is -0.620. The lowest BCUT2D eigenvalue weighted by atomic mass is 9.87. The van der Waals surface area contributed by atoms with Gasteiger partial charge in [-0.2, -0.15) is 13.2 Å². The number of hydrogen-bond donors (Lipinski definition) is 1. The third-order valence-corrected chi connectivity index (χ3v) is 3.53. The van der Waals surface area contributed by atoms with Crippen LogP contribution in [0, 0.1) is 5.41 Å². The van der Waals surface area contributed by atoms with Crippen molar-refractivity contribution in [3.8, 4) is 0 Å². The van der Waals surface area contributed by atoms with Gasteiger partial charge in [0.25, 0.3) is 0 Å². The number of nitrogens with zero attached hydrogens (tertiary/aromatic N) is 1. The van der Waals surface area contributed by atoms with Gasteiger partial charge in [0.2, 0.25) is 0 Å². The first-order chi connectivity index (χ1) is 8.13. The van der Waals surface area contributed by atoms with Gasteiger partial charge in [0, 0.05) is 17.1 Å². The van der Waals surface area contributed by atoms with Crippen LogP contribution in [0.4, 0.5) is 13.2 Å². The smallest absolute Gasteiger partial charge is 0.309 e. The minimum Gasteiger partial charge on any atom is -0.309 e. The lowest BCUT2D eigenvalue weighted by Crippen LogP contribution is -2.24. The van der Waals surface area contributed by atoms with Gasteiger partial charge in [-0.25, -0.2) is 4.98 Å². The fourth-order valence-corrected chi connectivity index (χ4v) is 2.57. The van der Waals surface area contributed by atoms with Crippen molar-refractivity contribution in [1.29, 1.82) is 0 Å². The fourth-order valence-electron chi connectivity index (χ4n) is 1.71. The van der Waals surface area contributed by atoms with Crippen LogP contribution in [-0.2, 0) is 6.18 Å². The molecule has 0 aromatic carbocycles. The SMILES string of the molecule is CCNC(CC(C)(C)C)c1cnc(C(F)(F)F)s1. The van der Waals surface area contributed by atoms with E-state index >= 15 is 0 Å². The molecule has 0 aliphatic heterocycles. The molecule has 2 nitrogen and oxygen atoms in total. The van der Waals surface area contributed by atoms with Crippen LogP contribution in [0.15, 0.2) is 6.20 Å². The van der Waals surface area contributed by atoms with Gasteiger partial charge in [0.15, 0.2) is 5.01 Å². The van der Waals surface area contributed by atoms with Crippen molar-refractivity contribution in [2.24, 2.45) is 5.41 Å². The summed E-state index contributed by atoms with van der Waals surface area (Å²) in [5, 5.41) is 2.45. The van der Waals surface area contributed by atoms with Gasteiger partial charge in [-0.1, -0.05) is 27.7 Å². The Labute approximate surface area is 110 Å². The van der Waals surface area contributed by atoms with Crippen LogP contribution < -0.4 is 5.32 Å². The first-order valence-electron chi connectivity index (χ1n) is 5.90. The minimum absolute atomic E-state index is 0.0508. The Morgan fingerprint density at radius 3 is 2.33 bits per heavy atom. The molecule has 1 aromatic heterocycles. The third kappa shape index (κ3) is 4.57. The Morgan fingerprint density at radius 2 is 1.94 bits per heavy atom. The number of halogens is 3. The molecule has 1 unspecified atom stereocenters. The Kier molecular flexibility index (Phi) is 4.78. The Bertz CT molecular complexity index is 379. The second kappa shape index (κ2) is 5.57. The van der Waals surface area contributed by atoms with Crippen molar-refractivity contribution in [2.45, 2.75) is 46.3 Å². The van der Waals surface area contributed by atoms with E-state index in [1.165, 1.54) is 6.20 Å². The number of aromatic nitrogens is 1. The van der Waals surface area contributed by atoms with Gasteiger partial charge >= 0.3 is 6.18 Å². The van der Waals surface area contributed by atoms with E-state index in [0.717, 1.165) is 24.3 Å². The first kappa shape index (κ1) is 15.4. The van der Waals surface area contributed by atoms with Crippen molar-refractivity contribution in [2.75, 3.05) is 6.54 Å². The zero-order valence-corrected chi connectivity index (χ0v) is 11.9. The van der Waals surface area contributed by atoms with Crippen LogP contribution >= 0.6 is 11.3 Å². The maximum Gasteiger partial charge on any atom is 0.443 e. The van der Waals surface area contributed by atoms with Crippen molar-refractivity contribution in [3.63, 3.8) is 0 Å². The predicted octanol–water partition coefficient (Wildman–Crippen LogP) is 4.25. The van der Waals surface area contributed by atoms with Crippen molar-refractivity contribution in [1.82, 2.24) is 10.3 Å². The van der Waals surface area contributed by atoms with Gasteiger partial charge in [-0.3, -0.25) is 0 Å². The van der Waals surface area contributed by atoms with Gasteiger partial charge < -0.3 is 5.32 Å². The third-order valence-electron chi connectivity index (χ3n) is 2.38. The monoisotopic (exact) mass is 280 g/mol. The van der Waals surface area contributed by atoms with E-state index in [2.05, 4.69) is 31.1 Å². The normalized spacial score (nSPS) is 14.8. The summed E-state index contributed by atoms with van der Waals surface area (Å²) in [6.07, 6.45) is -2.23. The predicted molar refractivity (Wildman–Crippen MR) is 67.6 cm³/mol. The highest BCUT2D eigenvalue weighted by atomic mass is 32.1. The first-order valence-corrected chi connectivity index (χ1v) is 6.71. The summed E-state index contributed by atoms with van der Waals surface area (Å²) in [7, 11) is 0. The van der Waals surface area contributed by atoms with Crippen molar-refractivity contribution in [3.05, 3.63) is 16.1 Å². The molecule has 0 bridgehead atoms. The number of alkyl halides is 3. The van der Waals surface area contributed by atoms with E-state index in [1.54, 1.807) is 0 Å². The molecule has 1 N–H and O–H groups in total. The molecule has 0 fully saturated rings. The molecule has 18 heavy (non-hydrogen) atoms. The summed E-state index contributed by atoms with van der Waals surface area (Å²) in [5.41, 5.74) is 0.0508. The molecule has 1 heterocycles. The van der Waals surface area contributed by atoms with Crippen molar-refractivity contribution >= 4 is 11.3 Å². The molecule has 6 heteroatoms. The van der Waals surface area contributed by atoms with Crippen LogP contribution in [0.5, 0.6) is 0 Å². The van der Waals surface area contributed by atoms with E-state index in [1.807, 2.05) is 6.92 Å². The van der Waals surface area contributed by atoms with Gasteiger partial charge in [-0.05, 0) is 18.4 Å². The minimum atomic E-state index is -4.35. The molecule has 0 saturated carbocycles. The number of rotatable bonds is 4. The molecule has 0 aliphatic carbocycles. The molecule has 0 radical (unpaired) electrons.